The average molecular weight is 388 g/mol. The molecule has 3 rings (SSSR count). The van der Waals surface area contributed by atoms with Gasteiger partial charge in [0.25, 0.3) is 0 Å². The van der Waals surface area contributed by atoms with Gasteiger partial charge in [-0.1, -0.05) is 0 Å². The second kappa shape index (κ2) is 4.24. The number of Topliss-reactive ketones (excluding diaryl/α,β-unsaturated/α-hetero) is 2. The number of thiol groups is 1. The summed E-state index contributed by atoms with van der Waals surface area (Å²) >= 11 is -2.61. The van der Waals surface area contributed by atoms with Gasteiger partial charge in [0.05, 0.1) is 0 Å². The summed E-state index contributed by atoms with van der Waals surface area (Å²) in [7, 11) is 4.12. The zero-order valence-corrected chi connectivity index (χ0v) is 12.9. The van der Waals surface area contributed by atoms with Crippen molar-refractivity contribution in [3.63, 3.8) is 0 Å². The molecule has 1 aromatic rings. The van der Waals surface area contributed by atoms with E-state index in [4.69, 9.17) is 0 Å². The Labute approximate surface area is 120 Å². The number of halogens is 1. The molecular formula is C13H9IO4S. The van der Waals surface area contributed by atoms with Crippen molar-refractivity contribution < 1.29 is 19.2 Å². The summed E-state index contributed by atoms with van der Waals surface area (Å²) in [6, 6.07) is 2.85. The van der Waals surface area contributed by atoms with Crippen LogP contribution in [0.5, 0.6) is 0 Å². The van der Waals surface area contributed by atoms with Gasteiger partial charge in [0.1, 0.15) is 0 Å². The molecule has 1 heterocycles. The molecule has 0 saturated carbocycles. The van der Waals surface area contributed by atoms with Crippen LogP contribution in [0.15, 0.2) is 12.1 Å². The SMILES string of the molecule is CC1CC(=O)c2cc3c(cc2C1=O)C(=O)I(S)C3=O. The molecular weight excluding hydrogens is 379 g/mol. The molecule has 2 aliphatic rings. The third-order valence-corrected chi connectivity index (χ3v) is 8.49. The van der Waals surface area contributed by atoms with E-state index in [0.717, 1.165) is 0 Å². The van der Waals surface area contributed by atoms with Crippen molar-refractivity contribution in [2.75, 3.05) is 0 Å². The molecule has 1 aromatic carbocycles. The number of ketones is 2. The molecule has 0 amide bonds. The predicted molar refractivity (Wildman–Crippen MR) is 80.6 cm³/mol. The third kappa shape index (κ3) is 1.73. The summed E-state index contributed by atoms with van der Waals surface area (Å²) in [6.45, 7) is 1.70. The Morgan fingerprint density at radius 1 is 1.00 bits per heavy atom. The molecule has 98 valence electrons. The van der Waals surface area contributed by atoms with Crippen LogP contribution in [0.1, 0.15) is 54.8 Å². The quantitative estimate of drug-likeness (QED) is 0.422. The standard InChI is InChI=1S/C13H9IO4S/c1-5-2-10(15)6-3-8-9(4-7(6)11(5)16)13(18)14(19)12(8)17/h3-5,19H,2H2,1H3. The minimum absolute atomic E-state index is 0.135. The second-order valence-electron chi connectivity index (χ2n) is 4.65. The molecule has 6 heteroatoms. The van der Waals surface area contributed by atoms with Crippen LogP contribution >= 0.6 is 28.2 Å². The molecule has 4 nitrogen and oxygen atoms in total. The van der Waals surface area contributed by atoms with Crippen LogP contribution in [0.4, 0.5) is 0 Å². The van der Waals surface area contributed by atoms with E-state index in [1.165, 1.54) is 12.1 Å². The third-order valence-electron chi connectivity index (χ3n) is 3.41. The van der Waals surface area contributed by atoms with E-state index >= 15 is 0 Å². The Balaban J connectivity index is 2.28. The van der Waals surface area contributed by atoms with Crippen molar-refractivity contribution in [2.45, 2.75) is 13.3 Å². The van der Waals surface area contributed by atoms with Gasteiger partial charge in [-0.3, -0.25) is 0 Å². The van der Waals surface area contributed by atoms with Crippen molar-refractivity contribution in [2.24, 2.45) is 5.92 Å². The fourth-order valence-corrected chi connectivity index (χ4v) is 6.04. The van der Waals surface area contributed by atoms with Crippen molar-refractivity contribution in [3.8, 4) is 0 Å². The predicted octanol–water partition coefficient (Wildman–Crippen LogP) is 2.74. The Morgan fingerprint density at radius 2 is 1.53 bits per heavy atom. The fourth-order valence-electron chi connectivity index (χ4n) is 2.38. The average Bonchev–Trinajstić information content (AvgIpc) is 2.60. The number of benzene rings is 1. The molecule has 0 fully saturated rings. The van der Waals surface area contributed by atoms with E-state index in [9.17, 15) is 19.2 Å². The summed E-state index contributed by atoms with van der Waals surface area (Å²) < 4.78 is -0.483. The van der Waals surface area contributed by atoms with E-state index in [1.807, 2.05) is 0 Å². The van der Waals surface area contributed by atoms with Gasteiger partial charge in [-0.05, 0) is 0 Å². The number of carbonyl (C=O) groups is 4. The van der Waals surface area contributed by atoms with E-state index in [1.54, 1.807) is 6.92 Å². The van der Waals surface area contributed by atoms with Gasteiger partial charge in [-0.25, -0.2) is 0 Å². The summed E-state index contributed by atoms with van der Waals surface area (Å²) in [5.41, 5.74) is 1.12. The molecule has 0 bridgehead atoms. The maximum absolute atomic E-state index is 12.1. The van der Waals surface area contributed by atoms with Crippen LogP contribution in [0, 0.1) is 5.92 Å². The Bertz CT molecular complexity index is 679. The molecule has 0 aromatic heterocycles. The van der Waals surface area contributed by atoms with E-state index in [-0.39, 0.29) is 53.7 Å². The molecule has 19 heavy (non-hydrogen) atoms. The normalized spacial score (nSPS) is 23.7. The van der Waals surface area contributed by atoms with Crippen molar-refractivity contribution in [1.29, 1.82) is 0 Å². The number of hydrogen-bond donors (Lipinski definition) is 1. The summed E-state index contributed by atoms with van der Waals surface area (Å²) in [6.07, 6.45) is 0.163. The van der Waals surface area contributed by atoms with Gasteiger partial charge in [0.15, 0.2) is 0 Å². The molecule has 0 radical (unpaired) electrons. The van der Waals surface area contributed by atoms with E-state index < -0.39 is 18.4 Å². The number of carbonyl (C=O) groups excluding carboxylic acids is 4. The monoisotopic (exact) mass is 388 g/mol. The van der Waals surface area contributed by atoms with Gasteiger partial charge in [-0.15, -0.1) is 0 Å². The molecule has 0 spiro atoms. The van der Waals surface area contributed by atoms with Crippen LogP contribution in [-0.4, -0.2) is 19.1 Å². The van der Waals surface area contributed by atoms with Crippen molar-refractivity contribution >= 4 is 47.4 Å². The first kappa shape index (κ1) is 13.0. The van der Waals surface area contributed by atoms with Crippen LogP contribution in [-0.2, 0) is 0 Å². The molecule has 1 unspecified atom stereocenters. The second-order valence-corrected chi connectivity index (χ2v) is 10.4. The Hall–Kier alpha value is -1.02. The summed E-state index contributed by atoms with van der Waals surface area (Å²) in [5.74, 6) is -0.642. The van der Waals surface area contributed by atoms with Crippen molar-refractivity contribution in [1.82, 2.24) is 0 Å². The maximum atomic E-state index is 12.1. The first-order valence-electron chi connectivity index (χ1n) is 5.65. The number of fused-ring (bicyclic) bond motifs is 2. The van der Waals surface area contributed by atoms with E-state index in [0.29, 0.717) is 0 Å². The van der Waals surface area contributed by atoms with Gasteiger partial charge < -0.3 is 0 Å². The van der Waals surface area contributed by atoms with Gasteiger partial charge >= 0.3 is 120 Å². The first-order valence-corrected chi connectivity index (χ1v) is 11.0. The first-order chi connectivity index (χ1) is 8.91. The zero-order chi connectivity index (χ0) is 13.9. The van der Waals surface area contributed by atoms with Gasteiger partial charge in [0, 0.05) is 0 Å². The zero-order valence-electron chi connectivity index (χ0n) is 9.90. The summed E-state index contributed by atoms with van der Waals surface area (Å²) in [4.78, 5) is 47.9. The Morgan fingerprint density at radius 3 is 2.11 bits per heavy atom. The number of hydrogen-bond acceptors (Lipinski definition) is 5. The molecule has 1 aliphatic heterocycles. The van der Waals surface area contributed by atoms with E-state index in [2.05, 4.69) is 9.80 Å². The van der Waals surface area contributed by atoms with Crippen LogP contribution in [0.3, 0.4) is 0 Å². The van der Waals surface area contributed by atoms with Crippen LogP contribution in [0.2, 0.25) is 0 Å². The molecule has 0 N–H and O–H groups in total. The molecule has 1 aliphatic carbocycles. The minimum atomic E-state index is -2.61. The van der Waals surface area contributed by atoms with Crippen LogP contribution in [0.25, 0.3) is 0 Å². The Kier molecular flexibility index (Phi) is 2.90. The van der Waals surface area contributed by atoms with Crippen LogP contribution < -0.4 is 0 Å². The van der Waals surface area contributed by atoms with Crippen molar-refractivity contribution in [3.05, 3.63) is 34.4 Å². The van der Waals surface area contributed by atoms with Gasteiger partial charge in [0.2, 0.25) is 0 Å². The number of rotatable bonds is 0. The van der Waals surface area contributed by atoms with Gasteiger partial charge in [-0.2, -0.15) is 0 Å². The molecule has 0 saturated heterocycles. The molecule has 1 atom stereocenters. The fraction of sp³-hybridized carbons (Fsp3) is 0.231. The topological polar surface area (TPSA) is 68.3 Å². The summed E-state index contributed by atoms with van der Waals surface area (Å²) in [5, 5.41) is 0.